The summed E-state index contributed by atoms with van der Waals surface area (Å²) in [6.45, 7) is 26.5. The minimum absolute atomic E-state index is 0.429. The molecule has 16 heteroatoms. The molecule has 3 heterocycles. The van der Waals surface area contributed by atoms with Crippen molar-refractivity contribution in [3.8, 4) is 22.5 Å². The van der Waals surface area contributed by atoms with E-state index in [1.165, 1.54) is 9.80 Å². The molecule has 4 N–H and O–H groups in total. The van der Waals surface area contributed by atoms with Crippen LogP contribution in [0.15, 0.2) is 48.8 Å². The van der Waals surface area contributed by atoms with E-state index in [1.54, 1.807) is 54.4 Å². The van der Waals surface area contributed by atoms with Crippen molar-refractivity contribution in [2.75, 3.05) is 28.2 Å². The number of rotatable bonds is 10. The quantitative estimate of drug-likeness (QED) is 0.105. The van der Waals surface area contributed by atoms with Crippen molar-refractivity contribution in [2.24, 2.45) is 21.7 Å². The highest BCUT2D eigenvalue weighted by Gasteiger charge is 2.51. The van der Waals surface area contributed by atoms with Crippen LogP contribution in [-0.4, -0.2) is 103 Å². The lowest BCUT2D eigenvalue weighted by molar-refractivity contribution is -0.153. The van der Waals surface area contributed by atoms with Crippen molar-refractivity contribution >= 4 is 46.1 Å². The molecule has 0 fully saturated rings. The van der Waals surface area contributed by atoms with Gasteiger partial charge < -0.3 is 39.9 Å². The standard InChI is InChI=1S/C48H68N10O6/c1-43(2,3)35(55-39(59)47(13,45(7,8)9)63-41(61)57(15)16)37-51-29-21-19-27(23-31(29)53-37)33-25-50-34(26-49-33)28-20-22-30-32(24-28)54-38(52-30)36(44(4,5)6)56-40(60)48(14,46(10,11)12)64-42(62)58(17)18/h19-26,35-36H,1-18H3,(H,51,53)(H,52,54)(H,55,59)(H,56,60)/t35-,36-,47+,48+/m1/s1. The molecule has 16 nitrogen and oxygen atoms in total. The monoisotopic (exact) mass is 881 g/mol. The SMILES string of the molecule is CN(C)C(=O)O[C@@](C)(C(=O)N[C@H](c1nc2ccc(-c3cnc(-c4ccc5nc([C@@H](NC(=O)[C@](C)(OC(=O)N(C)C)C(C)(C)C)C(C)(C)C)[nH]c5c4)cn3)cc2[nH]1)C(C)(C)C)C(C)(C)C. The number of carbonyl (C=O) groups is 4. The molecule has 0 aliphatic rings. The Bertz CT molecular complexity index is 2360. The van der Waals surface area contributed by atoms with Crippen LogP contribution in [0.5, 0.6) is 0 Å². The average molecular weight is 881 g/mol. The van der Waals surface area contributed by atoms with Crippen LogP contribution in [0.25, 0.3) is 44.6 Å². The van der Waals surface area contributed by atoms with Crippen LogP contribution in [-0.2, 0) is 19.1 Å². The first-order valence-electron chi connectivity index (χ1n) is 21.5. The van der Waals surface area contributed by atoms with Gasteiger partial charge in [0, 0.05) is 50.1 Å². The first-order chi connectivity index (χ1) is 29.3. The minimum Gasteiger partial charge on any atom is -0.432 e. The lowest BCUT2D eigenvalue weighted by Gasteiger charge is -2.42. The molecule has 0 aliphatic heterocycles. The number of carbonyl (C=O) groups excluding carboxylic acids is 4. The number of aromatic amines is 2. The number of imidazole rings is 2. The zero-order valence-corrected chi connectivity index (χ0v) is 40.9. The summed E-state index contributed by atoms with van der Waals surface area (Å²) in [5, 5.41) is 6.31. The summed E-state index contributed by atoms with van der Waals surface area (Å²) < 4.78 is 11.6. The van der Waals surface area contributed by atoms with Gasteiger partial charge in [0.15, 0.2) is 11.2 Å². The maximum Gasteiger partial charge on any atom is 0.410 e. The van der Waals surface area contributed by atoms with Crippen LogP contribution in [0.3, 0.4) is 0 Å². The summed E-state index contributed by atoms with van der Waals surface area (Å²) in [5.74, 6) is 0.267. The molecule has 3 aromatic heterocycles. The molecule has 0 spiro atoms. The van der Waals surface area contributed by atoms with Crippen molar-refractivity contribution in [3.63, 3.8) is 0 Å². The van der Waals surface area contributed by atoms with Crippen molar-refractivity contribution in [2.45, 2.75) is 120 Å². The first-order valence-corrected chi connectivity index (χ1v) is 21.5. The first kappa shape index (κ1) is 49.0. The number of hydrogen-bond donors (Lipinski definition) is 4. The van der Waals surface area contributed by atoms with Crippen molar-refractivity contribution in [3.05, 3.63) is 60.4 Å². The summed E-state index contributed by atoms with van der Waals surface area (Å²) in [4.78, 5) is 82.3. The number of amides is 4. The second-order valence-electron chi connectivity index (χ2n) is 21.6. The van der Waals surface area contributed by atoms with Gasteiger partial charge in [0.1, 0.15) is 11.6 Å². The Morgan fingerprint density at radius 1 is 0.547 bits per heavy atom. The van der Waals surface area contributed by atoms with Gasteiger partial charge in [-0.25, -0.2) is 19.6 Å². The molecule has 0 saturated heterocycles. The van der Waals surface area contributed by atoms with Gasteiger partial charge in [-0.3, -0.25) is 19.6 Å². The number of aromatic nitrogens is 6. The molecular weight excluding hydrogens is 813 g/mol. The third-order valence-corrected chi connectivity index (χ3v) is 12.1. The molecule has 5 aromatic rings. The van der Waals surface area contributed by atoms with E-state index in [0.29, 0.717) is 34.1 Å². The summed E-state index contributed by atoms with van der Waals surface area (Å²) in [6, 6.07) is 10.4. The van der Waals surface area contributed by atoms with Gasteiger partial charge in [-0.05, 0) is 48.9 Å². The number of nitrogens with zero attached hydrogens (tertiary/aromatic N) is 6. The van der Waals surface area contributed by atoms with E-state index in [9.17, 15) is 19.2 Å². The Morgan fingerprint density at radius 3 is 1.14 bits per heavy atom. The van der Waals surface area contributed by atoms with Crippen LogP contribution in [0.1, 0.15) is 121 Å². The van der Waals surface area contributed by atoms with Crippen LogP contribution in [0, 0.1) is 21.7 Å². The fourth-order valence-corrected chi connectivity index (χ4v) is 6.82. The number of ether oxygens (including phenoxy) is 2. The zero-order chi connectivity index (χ0) is 48.1. The average Bonchev–Trinajstić information content (AvgIpc) is 3.80. The van der Waals surface area contributed by atoms with Crippen molar-refractivity contribution in [1.82, 2.24) is 50.3 Å². The largest absolute Gasteiger partial charge is 0.432 e. The predicted octanol–water partition coefficient (Wildman–Crippen LogP) is 8.98. The van der Waals surface area contributed by atoms with E-state index in [4.69, 9.17) is 29.4 Å². The lowest BCUT2D eigenvalue weighted by atomic mass is 9.76. The van der Waals surface area contributed by atoms with Crippen LogP contribution in [0.4, 0.5) is 9.59 Å². The Labute approximate surface area is 377 Å². The van der Waals surface area contributed by atoms with E-state index in [-0.39, 0.29) is 0 Å². The van der Waals surface area contributed by atoms with E-state index in [2.05, 4.69) is 20.6 Å². The second kappa shape index (κ2) is 17.1. The fraction of sp³-hybridized carbons (Fsp3) is 0.542. The molecule has 0 saturated carbocycles. The number of hydrogen-bond acceptors (Lipinski definition) is 10. The molecule has 0 bridgehead atoms. The van der Waals surface area contributed by atoms with Gasteiger partial charge in [-0.1, -0.05) is 95.2 Å². The highest BCUT2D eigenvalue weighted by atomic mass is 16.6. The summed E-state index contributed by atoms with van der Waals surface area (Å²) in [5.41, 5.74) is 0.505. The minimum atomic E-state index is -1.48. The molecule has 2 aromatic carbocycles. The maximum absolute atomic E-state index is 14.1. The van der Waals surface area contributed by atoms with Gasteiger partial charge >= 0.3 is 12.2 Å². The highest BCUT2D eigenvalue weighted by molar-refractivity contribution is 5.90. The van der Waals surface area contributed by atoms with Gasteiger partial charge in [0.05, 0.1) is 57.9 Å². The van der Waals surface area contributed by atoms with E-state index < -0.39 is 68.9 Å². The zero-order valence-electron chi connectivity index (χ0n) is 40.9. The Hall–Kier alpha value is -6.06. The predicted molar refractivity (Wildman–Crippen MR) is 249 cm³/mol. The van der Waals surface area contributed by atoms with E-state index in [0.717, 1.165) is 22.2 Å². The Kier molecular flexibility index (Phi) is 13.1. The summed E-state index contributed by atoms with van der Waals surface area (Å²) >= 11 is 0. The molecular formula is C48H68N10O6. The number of fused-ring (bicyclic) bond motifs is 2. The molecule has 4 atom stereocenters. The molecule has 0 radical (unpaired) electrons. The molecule has 346 valence electrons. The Balaban J connectivity index is 1.39. The smallest absolute Gasteiger partial charge is 0.410 e. The second-order valence-corrected chi connectivity index (χ2v) is 21.6. The van der Waals surface area contributed by atoms with Crippen LogP contribution in [0.2, 0.25) is 0 Å². The van der Waals surface area contributed by atoms with Gasteiger partial charge in [-0.2, -0.15) is 0 Å². The Morgan fingerprint density at radius 2 is 0.875 bits per heavy atom. The molecule has 0 aliphatic carbocycles. The van der Waals surface area contributed by atoms with Crippen molar-refractivity contribution < 1.29 is 28.7 Å². The fourth-order valence-electron chi connectivity index (χ4n) is 6.82. The van der Waals surface area contributed by atoms with Crippen molar-refractivity contribution in [1.29, 1.82) is 0 Å². The van der Waals surface area contributed by atoms with E-state index in [1.807, 2.05) is 119 Å². The topological polar surface area (TPSA) is 200 Å². The van der Waals surface area contributed by atoms with E-state index >= 15 is 0 Å². The number of H-pyrrole nitrogens is 2. The summed E-state index contributed by atoms with van der Waals surface area (Å²) in [7, 11) is 6.32. The molecule has 4 amide bonds. The maximum atomic E-state index is 14.1. The summed E-state index contributed by atoms with van der Waals surface area (Å²) in [6.07, 6.45) is 2.22. The van der Waals surface area contributed by atoms with Gasteiger partial charge in [0.2, 0.25) is 0 Å². The normalized spacial score (nSPS) is 15.4. The number of benzene rings is 2. The molecule has 0 unspecified atom stereocenters. The third kappa shape index (κ3) is 10.0. The van der Waals surface area contributed by atoms with Crippen LogP contribution < -0.4 is 10.6 Å². The molecule has 64 heavy (non-hydrogen) atoms. The number of nitrogens with one attached hydrogen (secondary N) is 4. The lowest BCUT2D eigenvalue weighted by Crippen LogP contribution is -2.58. The van der Waals surface area contributed by atoms with Crippen LogP contribution >= 0.6 is 0 Å². The highest BCUT2D eigenvalue weighted by Crippen LogP contribution is 2.40. The van der Waals surface area contributed by atoms with Gasteiger partial charge in [0.25, 0.3) is 11.8 Å². The third-order valence-electron chi connectivity index (χ3n) is 12.1. The molecule has 5 rings (SSSR count). The van der Waals surface area contributed by atoms with Gasteiger partial charge in [-0.15, -0.1) is 0 Å².